The fourth-order valence-corrected chi connectivity index (χ4v) is 4.56. The van der Waals surface area contributed by atoms with Gasteiger partial charge in [0.25, 0.3) is 0 Å². The molecule has 0 spiro atoms. The van der Waals surface area contributed by atoms with Gasteiger partial charge >= 0.3 is 0 Å². The number of carbonyl (C=O) groups is 1. The van der Waals surface area contributed by atoms with E-state index in [1.165, 1.54) is 5.56 Å². The van der Waals surface area contributed by atoms with Gasteiger partial charge in [-0.2, -0.15) is 0 Å². The number of hydrogen-bond acceptors (Lipinski definition) is 3. The van der Waals surface area contributed by atoms with Crippen LogP contribution >= 0.6 is 11.6 Å². The first kappa shape index (κ1) is 21.4. The second-order valence-corrected chi connectivity index (χ2v) is 8.65. The summed E-state index contributed by atoms with van der Waals surface area (Å²) < 4.78 is 10.8. The third-order valence-corrected chi connectivity index (χ3v) is 6.43. The molecule has 1 aliphatic heterocycles. The maximum Gasteiger partial charge on any atom is 0.231 e. The summed E-state index contributed by atoms with van der Waals surface area (Å²) in [5, 5.41) is 4.89. The number of H-pyrrole nitrogens is 1. The molecule has 3 aromatic carbocycles. The van der Waals surface area contributed by atoms with Gasteiger partial charge in [0.1, 0.15) is 0 Å². The second-order valence-electron chi connectivity index (χ2n) is 8.21. The Balaban J connectivity index is 1.39. The Kier molecular flexibility index (Phi) is 5.97. The second kappa shape index (κ2) is 9.20. The first-order valence-electron chi connectivity index (χ1n) is 11.1. The van der Waals surface area contributed by atoms with Gasteiger partial charge in [0.2, 0.25) is 12.7 Å². The molecular weight excluding hydrogens is 436 g/mol. The van der Waals surface area contributed by atoms with Crippen LogP contribution in [0, 0.1) is 0 Å². The molecule has 0 saturated heterocycles. The van der Waals surface area contributed by atoms with Crippen LogP contribution in [0.3, 0.4) is 0 Å². The minimum Gasteiger partial charge on any atom is -0.454 e. The number of para-hydroxylation sites is 1. The number of carbonyl (C=O) groups excluding carboxylic acids is 1. The zero-order chi connectivity index (χ0) is 22.8. The van der Waals surface area contributed by atoms with Gasteiger partial charge in [0.15, 0.2) is 11.5 Å². The number of aromatic amines is 1. The molecule has 5 rings (SSSR count). The number of rotatable bonds is 7. The zero-order valence-corrected chi connectivity index (χ0v) is 19.1. The third-order valence-electron chi connectivity index (χ3n) is 6.18. The molecule has 0 saturated carbocycles. The molecule has 0 unspecified atom stereocenters. The van der Waals surface area contributed by atoms with Crippen molar-refractivity contribution in [3.63, 3.8) is 0 Å². The zero-order valence-electron chi connectivity index (χ0n) is 18.4. The Hall–Kier alpha value is -3.44. The summed E-state index contributed by atoms with van der Waals surface area (Å²) in [4.78, 5) is 16.5. The molecule has 0 radical (unpaired) electrons. The average molecular weight is 461 g/mol. The van der Waals surface area contributed by atoms with E-state index in [1.54, 1.807) is 0 Å². The topological polar surface area (TPSA) is 63.4 Å². The van der Waals surface area contributed by atoms with E-state index in [2.05, 4.69) is 35.4 Å². The summed E-state index contributed by atoms with van der Waals surface area (Å²) in [6.45, 7) is 2.81. The fraction of sp³-hybridized carbons (Fsp3) is 0.222. The lowest BCUT2D eigenvalue weighted by Crippen LogP contribution is -2.25. The van der Waals surface area contributed by atoms with Crippen molar-refractivity contribution in [1.29, 1.82) is 0 Å². The number of aromatic nitrogens is 1. The van der Waals surface area contributed by atoms with Crippen molar-refractivity contribution < 1.29 is 14.3 Å². The highest BCUT2D eigenvalue weighted by molar-refractivity contribution is 6.30. The van der Waals surface area contributed by atoms with Crippen LogP contribution in [0.5, 0.6) is 11.5 Å². The van der Waals surface area contributed by atoms with E-state index in [0.717, 1.165) is 39.8 Å². The molecule has 6 heteroatoms. The summed E-state index contributed by atoms with van der Waals surface area (Å²) in [6, 6.07) is 19.8. The predicted octanol–water partition coefficient (Wildman–Crippen LogP) is 5.95. The van der Waals surface area contributed by atoms with Crippen molar-refractivity contribution in [2.24, 2.45) is 0 Å². The van der Waals surface area contributed by atoms with Crippen LogP contribution in [0.2, 0.25) is 5.02 Å². The molecular formula is C27H25ClN2O3. The number of hydrogen-bond donors (Lipinski definition) is 2. The lowest BCUT2D eigenvalue weighted by Gasteiger charge is -2.18. The minimum atomic E-state index is -0.0973. The van der Waals surface area contributed by atoms with Gasteiger partial charge in [-0.25, -0.2) is 0 Å². The molecule has 1 amide bonds. The molecule has 0 aliphatic carbocycles. The van der Waals surface area contributed by atoms with Gasteiger partial charge in [0, 0.05) is 41.0 Å². The maximum atomic E-state index is 13.1. The molecule has 2 heterocycles. The number of nitrogens with one attached hydrogen (secondary N) is 2. The SMILES string of the molecule is CCc1cccc2c([C@H](CC(=O)NCc3ccc4c(c3)OCO4)c3ccc(Cl)cc3)c[nH]c12. The normalized spacial score (nSPS) is 13.3. The monoisotopic (exact) mass is 460 g/mol. The van der Waals surface area contributed by atoms with Gasteiger partial charge in [0.05, 0.1) is 0 Å². The maximum absolute atomic E-state index is 13.1. The van der Waals surface area contributed by atoms with Gasteiger partial charge < -0.3 is 19.8 Å². The summed E-state index contributed by atoms with van der Waals surface area (Å²) in [5.74, 6) is 1.33. The molecule has 33 heavy (non-hydrogen) atoms. The molecule has 2 N–H and O–H groups in total. The number of amides is 1. The number of aryl methyl sites for hydroxylation is 1. The Morgan fingerprint density at radius 3 is 2.73 bits per heavy atom. The van der Waals surface area contributed by atoms with Gasteiger partial charge in [-0.15, -0.1) is 0 Å². The highest BCUT2D eigenvalue weighted by atomic mass is 35.5. The average Bonchev–Trinajstić information content (AvgIpc) is 3.48. The molecule has 1 atom stereocenters. The van der Waals surface area contributed by atoms with E-state index in [-0.39, 0.29) is 18.6 Å². The van der Waals surface area contributed by atoms with E-state index in [1.807, 2.05) is 48.7 Å². The van der Waals surface area contributed by atoms with Crippen LogP contribution < -0.4 is 14.8 Å². The minimum absolute atomic E-state index is 0.0198. The van der Waals surface area contributed by atoms with Crippen molar-refractivity contribution in [3.8, 4) is 11.5 Å². The van der Waals surface area contributed by atoms with Crippen LogP contribution in [0.15, 0.2) is 66.9 Å². The van der Waals surface area contributed by atoms with Gasteiger partial charge in [-0.1, -0.05) is 54.9 Å². The molecule has 1 aliphatic rings. The largest absolute Gasteiger partial charge is 0.454 e. The number of ether oxygens (including phenoxy) is 2. The molecule has 5 nitrogen and oxygen atoms in total. The smallest absolute Gasteiger partial charge is 0.231 e. The molecule has 0 fully saturated rings. The summed E-state index contributed by atoms with van der Waals surface area (Å²) in [7, 11) is 0. The Morgan fingerprint density at radius 2 is 1.91 bits per heavy atom. The highest BCUT2D eigenvalue weighted by Crippen LogP contribution is 2.35. The van der Waals surface area contributed by atoms with E-state index in [0.29, 0.717) is 23.7 Å². The van der Waals surface area contributed by atoms with E-state index in [9.17, 15) is 4.79 Å². The van der Waals surface area contributed by atoms with Crippen molar-refractivity contribution in [2.75, 3.05) is 6.79 Å². The lowest BCUT2D eigenvalue weighted by molar-refractivity contribution is -0.121. The Bertz CT molecular complexity index is 1300. The summed E-state index contributed by atoms with van der Waals surface area (Å²) in [5.41, 5.74) is 5.53. The van der Waals surface area contributed by atoms with Crippen LogP contribution in [-0.2, 0) is 17.8 Å². The van der Waals surface area contributed by atoms with Crippen molar-refractivity contribution in [2.45, 2.75) is 32.2 Å². The number of benzene rings is 3. The predicted molar refractivity (Wildman–Crippen MR) is 130 cm³/mol. The molecule has 0 bridgehead atoms. The Labute approximate surface area is 197 Å². The number of halogens is 1. The molecule has 1 aromatic heterocycles. The molecule has 4 aromatic rings. The molecule has 168 valence electrons. The van der Waals surface area contributed by atoms with E-state index in [4.69, 9.17) is 21.1 Å². The fourth-order valence-electron chi connectivity index (χ4n) is 4.43. The standard InChI is InChI=1S/C27H25ClN2O3/c1-2-18-4-3-5-21-23(15-30-27(18)21)22(19-7-9-20(28)10-8-19)13-26(31)29-14-17-6-11-24-25(12-17)33-16-32-24/h3-12,15,22,30H,2,13-14,16H2,1H3,(H,29,31)/t22-/m1/s1. The summed E-state index contributed by atoms with van der Waals surface area (Å²) in [6.07, 6.45) is 3.31. The number of fused-ring (bicyclic) bond motifs is 2. The quantitative estimate of drug-likeness (QED) is 0.358. The van der Waals surface area contributed by atoms with Crippen LogP contribution in [0.25, 0.3) is 10.9 Å². The highest BCUT2D eigenvalue weighted by Gasteiger charge is 2.22. The summed E-state index contributed by atoms with van der Waals surface area (Å²) >= 11 is 6.13. The van der Waals surface area contributed by atoms with Crippen molar-refractivity contribution >= 4 is 28.4 Å². The van der Waals surface area contributed by atoms with Crippen LogP contribution in [0.4, 0.5) is 0 Å². The van der Waals surface area contributed by atoms with Gasteiger partial charge in [-0.05, 0) is 52.9 Å². The van der Waals surface area contributed by atoms with Crippen molar-refractivity contribution in [1.82, 2.24) is 10.3 Å². The van der Waals surface area contributed by atoms with E-state index < -0.39 is 0 Å². The van der Waals surface area contributed by atoms with Crippen molar-refractivity contribution in [3.05, 3.63) is 94.1 Å². The van der Waals surface area contributed by atoms with Crippen LogP contribution in [-0.4, -0.2) is 17.7 Å². The van der Waals surface area contributed by atoms with Crippen LogP contribution in [0.1, 0.15) is 41.5 Å². The third kappa shape index (κ3) is 4.41. The lowest BCUT2D eigenvalue weighted by atomic mass is 9.87. The first-order valence-corrected chi connectivity index (χ1v) is 11.5. The Morgan fingerprint density at radius 1 is 1.09 bits per heavy atom. The first-order chi connectivity index (χ1) is 16.1. The van der Waals surface area contributed by atoms with E-state index >= 15 is 0 Å². The van der Waals surface area contributed by atoms with Gasteiger partial charge in [-0.3, -0.25) is 4.79 Å².